The summed E-state index contributed by atoms with van der Waals surface area (Å²) >= 11 is 1.71. The number of sulfonamides is 1. The van der Waals surface area contributed by atoms with Gasteiger partial charge in [-0.3, -0.25) is 14.6 Å². The van der Waals surface area contributed by atoms with E-state index < -0.39 is 10.0 Å². The van der Waals surface area contributed by atoms with Crippen LogP contribution in [0.2, 0.25) is 0 Å². The highest BCUT2D eigenvalue weighted by atomic mass is 32.2. The molecule has 0 spiro atoms. The molecule has 174 valence electrons. The average Bonchev–Trinajstić information content (AvgIpc) is 3.30. The molecular formula is C22H30N4O4S2. The number of morpholine rings is 1. The molecule has 0 atom stereocenters. The fourth-order valence-corrected chi connectivity index (χ4v) is 6.07. The Bertz CT molecular complexity index is 1010. The predicted molar refractivity (Wildman–Crippen MR) is 125 cm³/mol. The van der Waals surface area contributed by atoms with E-state index in [2.05, 4.69) is 31.9 Å². The molecule has 1 N–H and O–H groups in total. The second-order valence-corrected chi connectivity index (χ2v) is 10.9. The number of nitrogens with one attached hydrogen (secondary N) is 1. The van der Waals surface area contributed by atoms with Crippen molar-refractivity contribution in [3.8, 4) is 0 Å². The van der Waals surface area contributed by atoms with Crippen molar-refractivity contribution in [3.63, 3.8) is 0 Å². The molecular weight excluding hydrogens is 448 g/mol. The molecule has 2 aliphatic rings. The van der Waals surface area contributed by atoms with Crippen molar-refractivity contribution in [1.29, 1.82) is 0 Å². The van der Waals surface area contributed by atoms with Gasteiger partial charge in [0, 0.05) is 51.5 Å². The standard InChI is InChI=1S/C22H30N4O4S2/c1-18-2-3-20(32(28,29)26-9-11-30-12-10-26)14-21(18)23-22(27)16-25-7-5-24(6-8-25)15-19-4-13-31-17-19/h2-4,13-14,17H,5-12,15-16H2,1H3,(H,23,27). The van der Waals surface area contributed by atoms with Crippen molar-refractivity contribution in [1.82, 2.24) is 14.1 Å². The number of thiophene rings is 1. The number of ether oxygens (including phenoxy) is 1. The van der Waals surface area contributed by atoms with Gasteiger partial charge in [-0.05, 0) is 47.0 Å². The van der Waals surface area contributed by atoms with Crippen LogP contribution in [0.5, 0.6) is 0 Å². The van der Waals surface area contributed by atoms with Gasteiger partial charge in [0.2, 0.25) is 15.9 Å². The van der Waals surface area contributed by atoms with Crippen molar-refractivity contribution in [2.24, 2.45) is 0 Å². The zero-order valence-electron chi connectivity index (χ0n) is 18.3. The highest BCUT2D eigenvalue weighted by Crippen LogP contribution is 2.24. The van der Waals surface area contributed by atoms with Crippen LogP contribution in [0.1, 0.15) is 11.1 Å². The van der Waals surface area contributed by atoms with Crippen molar-refractivity contribution in [2.75, 3.05) is 64.3 Å². The minimum absolute atomic E-state index is 0.125. The highest BCUT2D eigenvalue weighted by Gasteiger charge is 2.27. The smallest absolute Gasteiger partial charge is 0.243 e. The normalized spacial score (nSPS) is 19.2. The summed E-state index contributed by atoms with van der Waals surface area (Å²) in [4.78, 5) is 17.4. The Morgan fingerprint density at radius 3 is 2.47 bits per heavy atom. The van der Waals surface area contributed by atoms with Gasteiger partial charge in [0.15, 0.2) is 0 Å². The number of carbonyl (C=O) groups is 1. The lowest BCUT2D eigenvalue weighted by molar-refractivity contribution is -0.117. The van der Waals surface area contributed by atoms with Crippen molar-refractivity contribution < 1.29 is 17.9 Å². The van der Waals surface area contributed by atoms with Crippen LogP contribution in [0.15, 0.2) is 39.9 Å². The van der Waals surface area contributed by atoms with Crippen LogP contribution < -0.4 is 5.32 Å². The molecule has 1 amide bonds. The number of hydrogen-bond donors (Lipinski definition) is 1. The Labute approximate surface area is 193 Å². The topological polar surface area (TPSA) is 82.2 Å². The number of carbonyl (C=O) groups excluding carboxylic acids is 1. The first-order valence-electron chi connectivity index (χ1n) is 10.9. The lowest BCUT2D eigenvalue weighted by atomic mass is 10.2. The average molecular weight is 479 g/mol. The van der Waals surface area contributed by atoms with Crippen LogP contribution in [0.3, 0.4) is 0 Å². The first-order valence-corrected chi connectivity index (χ1v) is 13.2. The van der Waals surface area contributed by atoms with E-state index in [1.807, 2.05) is 6.92 Å². The third-order valence-corrected chi connectivity index (χ3v) is 8.54. The van der Waals surface area contributed by atoms with E-state index in [1.165, 1.54) is 9.87 Å². The van der Waals surface area contributed by atoms with Crippen LogP contribution in [0.25, 0.3) is 0 Å². The number of nitrogens with zero attached hydrogens (tertiary/aromatic N) is 3. The summed E-state index contributed by atoms with van der Waals surface area (Å²) < 4.78 is 32.6. The van der Waals surface area contributed by atoms with Gasteiger partial charge in [-0.1, -0.05) is 6.07 Å². The second-order valence-electron chi connectivity index (χ2n) is 8.23. The molecule has 2 fully saturated rings. The van der Waals surface area contributed by atoms with Gasteiger partial charge in [-0.2, -0.15) is 15.6 Å². The molecule has 8 nitrogen and oxygen atoms in total. The lowest BCUT2D eigenvalue weighted by Crippen LogP contribution is -2.48. The van der Waals surface area contributed by atoms with Crippen LogP contribution in [-0.4, -0.2) is 87.5 Å². The second kappa shape index (κ2) is 10.4. The highest BCUT2D eigenvalue weighted by molar-refractivity contribution is 7.89. The minimum Gasteiger partial charge on any atom is -0.379 e. The van der Waals surface area contributed by atoms with Gasteiger partial charge >= 0.3 is 0 Å². The summed E-state index contributed by atoms with van der Waals surface area (Å²) in [7, 11) is -3.61. The van der Waals surface area contributed by atoms with Gasteiger partial charge in [0.05, 0.1) is 24.7 Å². The molecule has 0 aliphatic carbocycles. The third kappa shape index (κ3) is 5.75. The van der Waals surface area contributed by atoms with Crippen LogP contribution in [-0.2, 0) is 26.1 Å². The first kappa shape index (κ1) is 23.3. The Hall–Kier alpha value is -1.82. The van der Waals surface area contributed by atoms with E-state index in [9.17, 15) is 13.2 Å². The van der Waals surface area contributed by atoms with Gasteiger partial charge in [0.25, 0.3) is 0 Å². The molecule has 0 bridgehead atoms. The summed E-state index contributed by atoms with van der Waals surface area (Å²) in [6.07, 6.45) is 0. The molecule has 0 radical (unpaired) electrons. The maximum Gasteiger partial charge on any atom is 0.243 e. The molecule has 0 saturated carbocycles. The number of anilines is 1. The van der Waals surface area contributed by atoms with Crippen molar-refractivity contribution in [3.05, 3.63) is 46.2 Å². The van der Waals surface area contributed by atoms with E-state index in [-0.39, 0.29) is 10.8 Å². The number of rotatable bonds is 7. The number of benzene rings is 1. The molecule has 3 heterocycles. The monoisotopic (exact) mass is 478 g/mol. The largest absolute Gasteiger partial charge is 0.379 e. The molecule has 2 aromatic rings. The molecule has 2 saturated heterocycles. The number of hydrogen-bond acceptors (Lipinski definition) is 7. The van der Waals surface area contributed by atoms with E-state index in [4.69, 9.17) is 4.74 Å². The summed E-state index contributed by atoms with van der Waals surface area (Å²) in [5, 5.41) is 7.19. The predicted octanol–water partition coefficient (Wildman–Crippen LogP) is 1.83. The third-order valence-electron chi connectivity index (χ3n) is 5.91. The number of amides is 1. The Morgan fingerprint density at radius 1 is 1.06 bits per heavy atom. The summed E-state index contributed by atoms with van der Waals surface area (Å²) in [5.41, 5.74) is 2.71. The maximum absolute atomic E-state index is 12.9. The zero-order chi connectivity index (χ0) is 22.6. The molecule has 0 unspecified atom stereocenters. The van der Waals surface area contributed by atoms with E-state index in [0.717, 1.165) is 38.3 Å². The van der Waals surface area contributed by atoms with Gasteiger partial charge in [-0.15, -0.1) is 0 Å². The maximum atomic E-state index is 12.9. The summed E-state index contributed by atoms with van der Waals surface area (Å²) in [5.74, 6) is -0.125. The molecule has 1 aromatic carbocycles. The summed E-state index contributed by atoms with van der Waals surface area (Å²) in [6, 6.07) is 7.06. The molecule has 4 rings (SSSR count). The Balaban J connectivity index is 1.33. The molecule has 2 aliphatic heterocycles. The van der Waals surface area contributed by atoms with Crippen molar-refractivity contribution >= 4 is 33.0 Å². The quantitative estimate of drug-likeness (QED) is 0.654. The first-order chi connectivity index (χ1) is 15.4. The van der Waals surface area contributed by atoms with Crippen LogP contribution in [0.4, 0.5) is 5.69 Å². The van der Waals surface area contributed by atoms with Gasteiger partial charge < -0.3 is 10.1 Å². The lowest BCUT2D eigenvalue weighted by Gasteiger charge is -2.34. The fourth-order valence-electron chi connectivity index (χ4n) is 3.97. The number of piperazine rings is 1. The molecule has 10 heteroatoms. The molecule has 32 heavy (non-hydrogen) atoms. The van der Waals surface area contributed by atoms with Crippen LogP contribution >= 0.6 is 11.3 Å². The fraction of sp³-hybridized carbons (Fsp3) is 0.500. The SMILES string of the molecule is Cc1ccc(S(=O)(=O)N2CCOCC2)cc1NC(=O)CN1CCN(Cc2ccsc2)CC1. The van der Waals surface area contributed by atoms with Gasteiger partial charge in [-0.25, -0.2) is 8.42 Å². The summed E-state index contributed by atoms with van der Waals surface area (Å²) in [6.45, 7) is 8.12. The Kier molecular flexibility index (Phi) is 7.59. The van der Waals surface area contributed by atoms with Crippen LogP contribution in [0, 0.1) is 6.92 Å². The minimum atomic E-state index is -3.61. The Morgan fingerprint density at radius 2 is 1.78 bits per heavy atom. The zero-order valence-corrected chi connectivity index (χ0v) is 20.0. The van der Waals surface area contributed by atoms with E-state index >= 15 is 0 Å². The van der Waals surface area contributed by atoms with Crippen molar-refractivity contribution in [2.45, 2.75) is 18.4 Å². The van der Waals surface area contributed by atoms with E-state index in [0.29, 0.717) is 38.5 Å². The van der Waals surface area contributed by atoms with E-state index in [1.54, 1.807) is 29.5 Å². The molecule has 1 aromatic heterocycles. The van der Waals surface area contributed by atoms with Gasteiger partial charge in [0.1, 0.15) is 0 Å². The number of aryl methyl sites for hydroxylation is 1.